The minimum atomic E-state index is -1.84. The fraction of sp³-hybridized carbons (Fsp3) is 0.381. The van der Waals surface area contributed by atoms with E-state index in [2.05, 4.69) is 10.6 Å². The van der Waals surface area contributed by atoms with E-state index >= 15 is 0 Å². The highest BCUT2D eigenvalue weighted by Gasteiger charge is 2.32. The molecule has 0 heterocycles. The number of hydrogen-bond acceptors (Lipinski definition) is 9. The highest BCUT2D eigenvalue weighted by atomic mass is 16.4. The normalized spacial score (nSPS) is 13.8. The van der Waals surface area contributed by atoms with Crippen molar-refractivity contribution in [2.45, 2.75) is 49.9 Å². The van der Waals surface area contributed by atoms with Crippen LogP contribution in [0, 0.1) is 0 Å². The molecule has 0 saturated carbocycles. The van der Waals surface area contributed by atoms with Gasteiger partial charge in [0.1, 0.15) is 23.9 Å². The first kappa shape index (κ1) is 30.3. The van der Waals surface area contributed by atoms with Gasteiger partial charge in [-0.1, -0.05) is 12.1 Å². The molecule has 0 radical (unpaired) electrons. The Morgan fingerprint density at radius 1 is 0.703 bits per heavy atom. The van der Waals surface area contributed by atoms with Crippen molar-refractivity contribution in [1.82, 2.24) is 16.0 Å². The summed E-state index contributed by atoms with van der Waals surface area (Å²) < 4.78 is 0. The first-order valence-corrected chi connectivity index (χ1v) is 10.6. The van der Waals surface area contributed by atoms with Crippen LogP contribution in [0.4, 0.5) is 0 Å². The second-order valence-electron chi connectivity index (χ2n) is 7.86. The third kappa shape index (κ3) is 11.0. The van der Waals surface area contributed by atoms with Gasteiger partial charge < -0.3 is 47.8 Å². The first-order chi connectivity index (χ1) is 17.2. The van der Waals surface area contributed by atoms with Crippen molar-refractivity contribution in [2.24, 2.45) is 11.5 Å². The van der Waals surface area contributed by atoms with E-state index < -0.39 is 85.0 Å². The van der Waals surface area contributed by atoms with Crippen LogP contribution in [0.15, 0.2) is 24.3 Å². The molecule has 4 amide bonds. The Morgan fingerprint density at radius 3 is 1.68 bits per heavy atom. The van der Waals surface area contributed by atoms with Crippen molar-refractivity contribution in [3.8, 4) is 5.75 Å². The maximum Gasteiger partial charge on any atom is 0.326 e. The zero-order valence-corrected chi connectivity index (χ0v) is 19.2. The van der Waals surface area contributed by atoms with E-state index in [9.17, 15) is 38.7 Å². The van der Waals surface area contributed by atoms with Crippen molar-refractivity contribution in [1.29, 1.82) is 0 Å². The number of amides is 4. The van der Waals surface area contributed by atoms with Crippen molar-refractivity contribution < 1.29 is 54.0 Å². The molecule has 16 heteroatoms. The zero-order valence-electron chi connectivity index (χ0n) is 19.2. The van der Waals surface area contributed by atoms with E-state index in [0.717, 1.165) is 0 Å². The molecular weight excluding hydrogens is 498 g/mol. The lowest BCUT2D eigenvalue weighted by atomic mass is 10.0. The molecule has 0 aromatic heterocycles. The summed E-state index contributed by atoms with van der Waals surface area (Å²) in [5, 5.41) is 42.8. The minimum absolute atomic E-state index is 0.0978. The van der Waals surface area contributed by atoms with Gasteiger partial charge in [-0.15, -0.1) is 0 Å². The average Bonchev–Trinajstić information content (AvgIpc) is 2.77. The van der Waals surface area contributed by atoms with Crippen LogP contribution < -0.4 is 27.4 Å². The molecule has 0 aliphatic carbocycles. The van der Waals surface area contributed by atoms with Crippen LogP contribution in [-0.4, -0.2) is 86.1 Å². The second-order valence-corrected chi connectivity index (χ2v) is 7.86. The van der Waals surface area contributed by atoms with Crippen LogP contribution >= 0.6 is 0 Å². The number of phenolic OH excluding ortho intramolecular Hbond substituents is 1. The molecule has 0 spiro atoms. The Labute approximate surface area is 209 Å². The number of carbonyl (C=O) groups excluding carboxylic acids is 4. The maximum absolute atomic E-state index is 13.0. The Balaban J connectivity index is 3.16. The first-order valence-electron chi connectivity index (χ1n) is 10.6. The molecule has 0 saturated heterocycles. The summed E-state index contributed by atoms with van der Waals surface area (Å²) in [5.41, 5.74) is 10.9. The van der Waals surface area contributed by atoms with E-state index in [4.69, 9.17) is 26.8 Å². The summed E-state index contributed by atoms with van der Waals surface area (Å²) >= 11 is 0. The standard InChI is InChI=1S/C21H27N5O11/c22-11(6-16(29)30)18(33)24-12(5-9-1-3-10(27)4-2-9)19(34)25-13(8-17(31)32)20(35)26-14(21(36)37)7-15(23)28/h1-4,11-14,27H,5-8,22H2,(H2,23,28)(H,24,33)(H,25,34)(H,26,35)(H,29,30)(H,31,32)(H,36,37). The second kappa shape index (κ2) is 14.0. The quantitative estimate of drug-likeness (QED) is 0.108. The molecule has 0 fully saturated rings. The largest absolute Gasteiger partial charge is 0.508 e. The number of aliphatic carboxylic acids is 3. The molecule has 0 aliphatic rings. The number of nitrogens with one attached hydrogen (secondary N) is 3. The Hall–Kier alpha value is -4.73. The van der Waals surface area contributed by atoms with Crippen LogP contribution in [0.3, 0.4) is 0 Å². The number of nitrogens with two attached hydrogens (primary N) is 2. The fourth-order valence-electron chi connectivity index (χ4n) is 2.97. The summed E-state index contributed by atoms with van der Waals surface area (Å²) in [6.45, 7) is 0. The number of carboxylic acids is 3. The van der Waals surface area contributed by atoms with Gasteiger partial charge in [0.05, 0.1) is 25.3 Å². The summed E-state index contributed by atoms with van der Waals surface area (Å²) in [5.74, 6) is -9.13. The van der Waals surface area contributed by atoms with Crippen molar-refractivity contribution >= 4 is 41.5 Å². The molecular formula is C21H27N5O11. The number of phenols is 1. The molecule has 4 atom stereocenters. The van der Waals surface area contributed by atoms with Crippen LogP contribution in [0.2, 0.25) is 0 Å². The maximum atomic E-state index is 13.0. The van der Waals surface area contributed by atoms with Gasteiger partial charge in [0.2, 0.25) is 23.6 Å². The molecule has 16 nitrogen and oxygen atoms in total. The van der Waals surface area contributed by atoms with Crippen LogP contribution in [-0.2, 0) is 40.0 Å². The summed E-state index contributed by atoms with van der Waals surface area (Å²) in [7, 11) is 0. The topological polar surface area (TPSA) is 289 Å². The number of aromatic hydroxyl groups is 1. The molecule has 0 bridgehead atoms. The fourth-order valence-corrected chi connectivity index (χ4v) is 2.97. The predicted molar refractivity (Wildman–Crippen MR) is 122 cm³/mol. The van der Waals surface area contributed by atoms with Crippen molar-refractivity contribution in [3.05, 3.63) is 29.8 Å². The number of primary amides is 1. The van der Waals surface area contributed by atoms with Gasteiger partial charge in [0, 0.05) is 6.42 Å². The molecule has 0 aliphatic heterocycles. The number of hydrogen-bond donors (Lipinski definition) is 9. The third-order valence-electron chi connectivity index (χ3n) is 4.77. The smallest absolute Gasteiger partial charge is 0.326 e. The number of benzene rings is 1. The number of carbonyl (C=O) groups is 7. The van der Waals surface area contributed by atoms with Gasteiger partial charge in [0.15, 0.2) is 0 Å². The van der Waals surface area contributed by atoms with E-state index in [1.165, 1.54) is 24.3 Å². The van der Waals surface area contributed by atoms with Gasteiger partial charge >= 0.3 is 17.9 Å². The molecule has 11 N–H and O–H groups in total. The molecule has 1 aromatic rings. The van der Waals surface area contributed by atoms with E-state index in [-0.39, 0.29) is 12.2 Å². The van der Waals surface area contributed by atoms with Gasteiger partial charge in [-0.3, -0.25) is 28.8 Å². The van der Waals surface area contributed by atoms with Gasteiger partial charge in [-0.05, 0) is 17.7 Å². The zero-order chi connectivity index (χ0) is 28.3. The van der Waals surface area contributed by atoms with E-state index in [0.29, 0.717) is 5.56 Å². The SMILES string of the molecule is NC(=O)CC(NC(=O)C(CC(=O)O)NC(=O)C(Cc1ccc(O)cc1)NC(=O)C(N)CC(=O)O)C(=O)O. The highest BCUT2D eigenvalue weighted by Crippen LogP contribution is 2.12. The molecule has 1 aromatic carbocycles. The Kier molecular flexibility index (Phi) is 11.4. The van der Waals surface area contributed by atoms with Gasteiger partial charge in [0.25, 0.3) is 0 Å². The van der Waals surface area contributed by atoms with Crippen LogP contribution in [0.1, 0.15) is 24.8 Å². The summed E-state index contributed by atoms with van der Waals surface area (Å²) in [6, 6.07) is -1.31. The molecule has 37 heavy (non-hydrogen) atoms. The number of carboxylic acid groups (broad SMARTS) is 3. The van der Waals surface area contributed by atoms with Crippen LogP contribution in [0.25, 0.3) is 0 Å². The Morgan fingerprint density at radius 2 is 1.19 bits per heavy atom. The summed E-state index contributed by atoms with van der Waals surface area (Å²) in [4.78, 5) is 82.4. The van der Waals surface area contributed by atoms with Gasteiger partial charge in [-0.25, -0.2) is 4.79 Å². The molecule has 202 valence electrons. The Bertz CT molecular complexity index is 1040. The molecule has 1 rings (SSSR count). The number of rotatable bonds is 15. The lowest BCUT2D eigenvalue weighted by Crippen LogP contribution is -2.58. The molecule has 4 unspecified atom stereocenters. The predicted octanol–water partition coefficient (Wildman–Crippen LogP) is -3.37. The third-order valence-corrected chi connectivity index (χ3v) is 4.77. The van der Waals surface area contributed by atoms with Crippen LogP contribution in [0.5, 0.6) is 5.75 Å². The van der Waals surface area contributed by atoms with E-state index in [1.54, 1.807) is 0 Å². The lowest BCUT2D eigenvalue weighted by Gasteiger charge is -2.24. The summed E-state index contributed by atoms with van der Waals surface area (Å²) in [6.07, 6.45) is -2.83. The lowest BCUT2D eigenvalue weighted by molar-refractivity contribution is -0.144. The van der Waals surface area contributed by atoms with Gasteiger partial charge in [-0.2, -0.15) is 0 Å². The highest BCUT2D eigenvalue weighted by molar-refractivity contribution is 5.96. The minimum Gasteiger partial charge on any atom is -0.508 e. The van der Waals surface area contributed by atoms with Crippen molar-refractivity contribution in [3.63, 3.8) is 0 Å². The monoisotopic (exact) mass is 525 g/mol. The average molecular weight is 525 g/mol. The van der Waals surface area contributed by atoms with Crippen molar-refractivity contribution in [2.75, 3.05) is 0 Å². The van der Waals surface area contributed by atoms with E-state index in [1.807, 2.05) is 5.32 Å².